The number of oxime groups is 1. The predicted octanol–water partition coefficient (Wildman–Crippen LogP) is 1.43. The lowest BCUT2D eigenvalue weighted by Crippen LogP contribution is -2.66. The van der Waals surface area contributed by atoms with Crippen LogP contribution < -0.4 is 5.73 Å². The van der Waals surface area contributed by atoms with Crippen molar-refractivity contribution in [2.45, 2.75) is 77.0 Å². The van der Waals surface area contributed by atoms with Crippen molar-refractivity contribution < 1.29 is 14.7 Å². The van der Waals surface area contributed by atoms with Crippen LogP contribution in [-0.4, -0.2) is 52.0 Å². The van der Waals surface area contributed by atoms with Gasteiger partial charge in [-0.25, -0.2) is 0 Å². The molecule has 22 heavy (non-hydrogen) atoms. The molecule has 0 radical (unpaired) electrons. The molecular formula is C16H29N3O3. The number of likely N-dealkylation sites (tertiary alicyclic amines) is 1. The fraction of sp³-hybridized carbons (Fsp3) is 0.938. The summed E-state index contributed by atoms with van der Waals surface area (Å²) in [6.07, 6.45) is 1.82. The van der Waals surface area contributed by atoms with Crippen LogP contribution in [0.3, 0.4) is 0 Å². The van der Waals surface area contributed by atoms with Crippen molar-refractivity contribution in [1.29, 1.82) is 0 Å². The Kier molecular flexibility index (Phi) is 3.43. The van der Waals surface area contributed by atoms with Gasteiger partial charge in [0.2, 0.25) is 6.41 Å². The van der Waals surface area contributed by atoms with Crippen molar-refractivity contribution in [2.24, 2.45) is 16.3 Å². The van der Waals surface area contributed by atoms with Crippen molar-refractivity contribution in [3.63, 3.8) is 0 Å². The van der Waals surface area contributed by atoms with Gasteiger partial charge in [-0.3, -0.25) is 4.90 Å². The van der Waals surface area contributed by atoms with Crippen LogP contribution in [0.1, 0.15) is 53.9 Å². The number of aliphatic hydroxyl groups excluding tert-OH is 1. The van der Waals surface area contributed by atoms with Gasteiger partial charge in [-0.15, -0.1) is 0 Å². The van der Waals surface area contributed by atoms with E-state index in [2.05, 4.69) is 5.16 Å². The normalized spacial score (nSPS) is 39.0. The highest BCUT2D eigenvalue weighted by Gasteiger charge is 2.66. The first-order valence-electron chi connectivity index (χ1n) is 8.11. The van der Waals surface area contributed by atoms with Crippen molar-refractivity contribution in [1.82, 2.24) is 4.90 Å². The van der Waals surface area contributed by atoms with Gasteiger partial charge < -0.3 is 20.4 Å². The van der Waals surface area contributed by atoms with Crippen LogP contribution in [0, 0.1) is 5.41 Å². The molecule has 1 saturated carbocycles. The van der Waals surface area contributed by atoms with Gasteiger partial charge in [0.1, 0.15) is 5.60 Å². The van der Waals surface area contributed by atoms with Crippen molar-refractivity contribution in [3.8, 4) is 0 Å². The molecule has 126 valence electrons. The second-order valence-electron chi connectivity index (χ2n) is 8.77. The van der Waals surface area contributed by atoms with Gasteiger partial charge in [0.15, 0.2) is 0 Å². The van der Waals surface area contributed by atoms with Crippen LogP contribution in [0.5, 0.6) is 0 Å². The largest absolute Gasteiger partial charge is 0.389 e. The molecular weight excluding hydrogens is 282 g/mol. The van der Waals surface area contributed by atoms with E-state index >= 15 is 0 Å². The highest BCUT2D eigenvalue weighted by molar-refractivity contribution is 5.94. The summed E-state index contributed by atoms with van der Waals surface area (Å²) in [4.78, 5) is 7.49. The van der Waals surface area contributed by atoms with Crippen LogP contribution in [-0.2, 0) is 9.57 Å². The molecule has 3 unspecified atom stereocenters. The molecule has 2 fully saturated rings. The molecule has 2 heterocycles. The van der Waals surface area contributed by atoms with Crippen LogP contribution >= 0.6 is 0 Å². The van der Waals surface area contributed by atoms with Crippen LogP contribution in [0.2, 0.25) is 0 Å². The minimum absolute atomic E-state index is 0.178. The Morgan fingerprint density at radius 2 is 2.00 bits per heavy atom. The zero-order valence-corrected chi connectivity index (χ0v) is 14.3. The summed E-state index contributed by atoms with van der Waals surface area (Å²) in [5.41, 5.74) is 6.55. The van der Waals surface area contributed by atoms with Crippen LogP contribution in [0.25, 0.3) is 0 Å². The second kappa shape index (κ2) is 4.66. The topological polar surface area (TPSA) is 80.3 Å². The third-order valence-corrected chi connectivity index (χ3v) is 5.23. The molecule has 1 saturated heterocycles. The summed E-state index contributed by atoms with van der Waals surface area (Å²) in [7, 11) is 0. The Bertz CT molecular complexity index is 499. The van der Waals surface area contributed by atoms with Crippen molar-refractivity contribution in [3.05, 3.63) is 0 Å². The lowest BCUT2D eigenvalue weighted by molar-refractivity contribution is -0.235. The predicted molar refractivity (Wildman–Crippen MR) is 84.2 cm³/mol. The summed E-state index contributed by atoms with van der Waals surface area (Å²) in [6, 6.07) is 0. The molecule has 0 spiro atoms. The van der Waals surface area contributed by atoms with E-state index in [1.807, 2.05) is 39.5 Å². The van der Waals surface area contributed by atoms with Gasteiger partial charge in [0, 0.05) is 30.5 Å². The summed E-state index contributed by atoms with van der Waals surface area (Å²) >= 11 is 0. The first kappa shape index (κ1) is 16.2. The Morgan fingerprint density at radius 1 is 1.32 bits per heavy atom. The molecule has 3 aliphatic rings. The number of hydrogen-bond acceptors (Lipinski definition) is 6. The van der Waals surface area contributed by atoms with Crippen molar-refractivity contribution in [2.75, 3.05) is 13.1 Å². The van der Waals surface area contributed by atoms with E-state index in [1.54, 1.807) is 0 Å². The van der Waals surface area contributed by atoms with Gasteiger partial charge in [0.25, 0.3) is 0 Å². The summed E-state index contributed by atoms with van der Waals surface area (Å²) in [5, 5.41) is 14.7. The minimum Gasteiger partial charge on any atom is -0.389 e. The van der Waals surface area contributed by atoms with Gasteiger partial charge in [-0.2, -0.15) is 0 Å². The van der Waals surface area contributed by atoms with Crippen LogP contribution in [0.15, 0.2) is 5.16 Å². The number of nitrogens with two attached hydrogens (primary N) is 1. The fourth-order valence-electron chi connectivity index (χ4n) is 3.95. The Balaban J connectivity index is 1.77. The Morgan fingerprint density at radius 3 is 2.45 bits per heavy atom. The van der Waals surface area contributed by atoms with E-state index in [-0.39, 0.29) is 16.6 Å². The van der Waals surface area contributed by atoms with Crippen LogP contribution in [0.4, 0.5) is 0 Å². The maximum absolute atomic E-state index is 10.4. The summed E-state index contributed by atoms with van der Waals surface area (Å²) in [6.45, 7) is 11.2. The fourth-order valence-corrected chi connectivity index (χ4v) is 3.95. The van der Waals surface area contributed by atoms with E-state index in [0.717, 1.165) is 25.0 Å². The average molecular weight is 311 g/mol. The average Bonchev–Trinajstić information content (AvgIpc) is 2.78. The standard InChI is InChI=1S/C16H29N3O3/c1-13(2,3)21-12(20)19-9-15(6-7-16(15,17)10-19)11-8-14(4,5)22-18-11/h12,20H,6-10,17H2,1-5H3. The molecule has 0 aromatic heterocycles. The van der Waals surface area contributed by atoms with E-state index in [0.29, 0.717) is 13.1 Å². The molecule has 0 bridgehead atoms. The number of fused-ring (bicyclic) bond motifs is 1. The van der Waals surface area contributed by atoms with Gasteiger partial charge in [0.05, 0.1) is 11.3 Å². The van der Waals surface area contributed by atoms with Crippen molar-refractivity contribution >= 4 is 5.71 Å². The molecule has 1 aliphatic carbocycles. The lowest BCUT2D eigenvalue weighted by Gasteiger charge is -2.52. The number of nitrogens with zero attached hydrogens (tertiary/aromatic N) is 2. The quantitative estimate of drug-likeness (QED) is 0.771. The van der Waals surface area contributed by atoms with Gasteiger partial charge >= 0.3 is 0 Å². The molecule has 0 amide bonds. The van der Waals surface area contributed by atoms with E-state index < -0.39 is 12.0 Å². The molecule has 0 aromatic carbocycles. The first-order chi connectivity index (χ1) is 9.97. The zero-order valence-electron chi connectivity index (χ0n) is 14.3. The Labute approximate surface area is 132 Å². The molecule has 6 heteroatoms. The van der Waals surface area contributed by atoms with Gasteiger partial charge in [-0.05, 0) is 47.5 Å². The van der Waals surface area contributed by atoms with E-state index in [4.69, 9.17) is 15.3 Å². The number of aliphatic hydroxyl groups is 1. The molecule has 6 nitrogen and oxygen atoms in total. The number of hydrogen-bond donors (Lipinski definition) is 2. The smallest absolute Gasteiger partial charge is 0.216 e. The number of rotatable bonds is 3. The highest BCUT2D eigenvalue weighted by Crippen LogP contribution is 2.57. The van der Waals surface area contributed by atoms with Gasteiger partial charge in [-0.1, -0.05) is 5.16 Å². The minimum atomic E-state index is -0.932. The first-order valence-corrected chi connectivity index (χ1v) is 8.11. The summed E-state index contributed by atoms with van der Waals surface area (Å²) in [5.74, 6) is 0. The lowest BCUT2D eigenvalue weighted by atomic mass is 9.54. The monoisotopic (exact) mass is 311 g/mol. The molecule has 3 N–H and O–H groups in total. The second-order valence-corrected chi connectivity index (χ2v) is 8.77. The maximum atomic E-state index is 10.4. The third-order valence-electron chi connectivity index (χ3n) is 5.23. The Hall–Kier alpha value is -0.690. The maximum Gasteiger partial charge on any atom is 0.216 e. The highest BCUT2D eigenvalue weighted by atomic mass is 16.7. The molecule has 2 aliphatic heterocycles. The van der Waals surface area contributed by atoms with E-state index in [9.17, 15) is 5.11 Å². The van der Waals surface area contributed by atoms with E-state index in [1.165, 1.54) is 0 Å². The third kappa shape index (κ3) is 2.46. The molecule has 3 rings (SSSR count). The molecule has 3 atom stereocenters. The number of ether oxygens (including phenoxy) is 1. The zero-order chi connectivity index (χ0) is 16.4. The summed E-state index contributed by atoms with van der Waals surface area (Å²) < 4.78 is 5.69. The SMILES string of the molecule is CC(C)(C)OC(O)N1CC2(N)CCC2(C2=NOC(C)(C)C2)C1. The molecule has 0 aromatic rings.